The summed E-state index contributed by atoms with van der Waals surface area (Å²) in [7, 11) is 0. The lowest BCUT2D eigenvalue weighted by Gasteiger charge is -2.41. The summed E-state index contributed by atoms with van der Waals surface area (Å²) in [5, 5.41) is 0. The molecular weight excluding hydrogens is 352 g/mol. The van der Waals surface area contributed by atoms with Gasteiger partial charge in [0.25, 0.3) is 0 Å². The summed E-state index contributed by atoms with van der Waals surface area (Å²) >= 11 is 0. The van der Waals surface area contributed by atoms with E-state index in [1.165, 1.54) is 35.2 Å². The smallest absolute Gasteiger partial charge is 0.0403 e. The zero-order chi connectivity index (χ0) is 19.5. The van der Waals surface area contributed by atoms with Crippen LogP contribution in [0.2, 0.25) is 0 Å². The van der Waals surface area contributed by atoms with Crippen molar-refractivity contribution in [1.82, 2.24) is 4.90 Å². The largest absolute Gasteiger partial charge is 0.369 e. The highest BCUT2D eigenvalue weighted by atomic mass is 15.3. The van der Waals surface area contributed by atoms with Crippen LogP contribution in [0.5, 0.6) is 0 Å². The fraction of sp³-hybridized carbons (Fsp3) is 0.333. The molecule has 1 unspecified atom stereocenters. The topological polar surface area (TPSA) is 6.48 Å². The second-order valence-electron chi connectivity index (χ2n) is 8.51. The molecule has 0 amide bonds. The van der Waals surface area contributed by atoms with Gasteiger partial charge in [-0.3, -0.25) is 4.90 Å². The van der Waals surface area contributed by atoms with E-state index in [0.717, 1.165) is 38.5 Å². The molecule has 0 N–H and O–H groups in total. The number of piperazine rings is 1. The van der Waals surface area contributed by atoms with E-state index in [1.807, 2.05) is 0 Å². The first-order valence-electron chi connectivity index (χ1n) is 11.0. The summed E-state index contributed by atoms with van der Waals surface area (Å²) < 4.78 is 0. The molecule has 1 atom stereocenters. The van der Waals surface area contributed by atoms with Crippen LogP contribution >= 0.6 is 0 Å². The molecule has 0 spiro atoms. The van der Waals surface area contributed by atoms with Gasteiger partial charge < -0.3 is 4.90 Å². The third-order valence-corrected chi connectivity index (χ3v) is 6.49. The summed E-state index contributed by atoms with van der Waals surface area (Å²) in [6, 6.07) is 31.6. The maximum atomic E-state index is 2.74. The molecule has 1 aliphatic heterocycles. The van der Waals surface area contributed by atoms with E-state index < -0.39 is 0 Å². The SMILES string of the molecule is c1ccc(Cc2ccccc2N2CCN(C(c3ccccc3)C3CC3)CC2)cc1. The third kappa shape index (κ3) is 4.23. The van der Waals surface area contributed by atoms with Crippen molar-refractivity contribution in [3.8, 4) is 0 Å². The summed E-state index contributed by atoms with van der Waals surface area (Å²) in [5.41, 5.74) is 5.75. The van der Waals surface area contributed by atoms with E-state index in [2.05, 4.69) is 94.7 Å². The summed E-state index contributed by atoms with van der Waals surface area (Å²) in [5.74, 6) is 0.856. The van der Waals surface area contributed by atoms with Gasteiger partial charge in [-0.1, -0.05) is 78.9 Å². The molecular formula is C27H30N2. The fourth-order valence-electron chi connectivity index (χ4n) is 4.87. The Morgan fingerprint density at radius 2 is 1.31 bits per heavy atom. The van der Waals surface area contributed by atoms with Gasteiger partial charge in [0.2, 0.25) is 0 Å². The van der Waals surface area contributed by atoms with Crippen molar-refractivity contribution >= 4 is 5.69 Å². The molecule has 1 heterocycles. The Morgan fingerprint density at radius 1 is 0.690 bits per heavy atom. The van der Waals surface area contributed by atoms with Gasteiger partial charge in [0.05, 0.1) is 0 Å². The summed E-state index contributed by atoms with van der Waals surface area (Å²) in [4.78, 5) is 5.34. The lowest BCUT2D eigenvalue weighted by molar-refractivity contribution is 0.167. The Balaban J connectivity index is 1.30. The van der Waals surface area contributed by atoms with E-state index in [0.29, 0.717) is 6.04 Å². The Kier molecular flexibility index (Phi) is 5.36. The predicted octanol–water partition coefficient (Wildman–Crippen LogP) is 5.55. The fourth-order valence-corrected chi connectivity index (χ4v) is 4.87. The number of hydrogen-bond donors (Lipinski definition) is 0. The monoisotopic (exact) mass is 382 g/mol. The van der Waals surface area contributed by atoms with Crippen LogP contribution in [-0.2, 0) is 6.42 Å². The average Bonchev–Trinajstić information content (AvgIpc) is 3.62. The summed E-state index contributed by atoms with van der Waals surface area (Å²) in [6.07, 6.45) is 3.78. The Bertz CT molecular complexity index is 910. The maximum absolute atomic E-state index is 2.74. The number of nitrogens with zero attached hydrogens (tertiary/aromatic N) is 2. The molecule has 29 heavy (non-hydrogen) atoms. The summed E-state index contributed by atoms with van der Waals surface area (Å²) in [6.45, 7) is 4.52. The maximum Gasteiger partial charge on any atom is 0.0403 e. The molecule has 3 aromatic rings. The van der Waals surface area contributed by atoms with Crippen LogP contribution in [-0.4, -0.2) is 31.1 Å². The lowest BCUT2D eigenvalue weighted by atomic mass is 9.99. The zero-order valence-corrected chi connectivity index (χ0v) is 17.1. The highest BCUT2D eigenvalue weighted by Crippen LogP contribution is 2.45. The quantitative estimate of drug-likeness (QED) is 0.551. The van der Waals surface area contributed by atoms with Gasteiger partial charge in [-0.05, 0) is 47.9 Å². The lowest BCUT2D eigenvalue weighted by Crippen LogP contribution is -2.48. The molecule has 1 saturated carbocycles. The van der Waals surface area contributed by atoms with Gasteiger partial charge in [0, 0.05) is 37.9 Å². The molecule has 2 nitrogen and oxygen atoms in total. The first-order valence-corrected chi connectivity index (χ1v) is 11.0. The number of para-hydroxylation sites is 1. The van der Waals surface area contributed by atoms with Crippen molar-refractivity contribution in [3.63, 3.8) is 0 Å². The van der Waals surface area contributed by atoms with Crippen LogP contribution in [0.3, 0.4) is 0 Å². The average molecular weight is 383 g/mol. The van der Waals surface area contributed by atoms with Crippen molar-refractivity contribution in [2.75, 3.05) is 31.1 Å². The molecule has 1 aliphatic carbocycles. The van der Waals surface area contributed by atoms with Gasteiger partial charge in [-0.2, -0.15) is 0 Å². The van der Waals surface area contributed by atoms with E-state index in [-0.39, 0.29) is 0 Å². The standard InChI is InChI=1S/C27H30N2/c1-3-9-22(10-4-1)21-25-13-7-8-14-26(25)28-17-19-29(20-18-28)27(24-15-16-24)23-11-5-2-6-12-23/h1-14,24,27H,15-21H2. The second kappa shape index (κ2) is 8.42. The molecule has 148 valence electrons. The number of rotatable bonds is 6. The van der Waals surface area contributed by atoms with Crippen molar-refractivity contribution in [1.29, 1.82) is 0 Å². The molecule has 5 rings (SSSR count). The normalized spacial score (nSPS) is 18.6. The van der Waals surface area contributed by atoms with Gasteiger partial charge in [-0.25, -0.2) is 0 Å². The van der Waals surface area contributed by atoms with Crippen LogP contribution in [0.15, 0.2) is 84.9 Å². The molecule has 0 bridgehead atoms. The van der Waals surface area contributed by atoms with Crippen molar-refractivity contribution in [2.24, 2.45) is 5.92 Å². The first-order chi connectivity index (χ1) is 14.4. The van der Waals surface area contributed by atoms with Crippen LogP contribution in [0.4, 0.5) is 5.69 Å². The molecule has 2 heteroatoms. The van der Waals surface area contributed by atoms with Gasteiger partial charge >= 0.3 is 0 Å². The predicted molar refractivity (Wildman–Crippen MR) is 121 cm³/mol. The number of hydrogen-bond acceptors (Lipinski definition) is 2. The van der Waals surface area contributed by atoms with Crippen molar-refractivity contribution < 1.29 is 0 Å². The number of benzene rings is 3. The zero-order valence-electron chi connectivity index (χ0n) is 17.1. The minimum atomic E-state index is 0.609. The van der Waals surface area contributed by atoms with Crippen LogP contribution in [0.1, 0.15) is 35.6 Å². The molecule has 3 aromatic carbocycles. The molecule has 2 fully saturated rings. The van der Waals surface area contributed by atoms with E-state index >= 15 is 0 Å². The Hall–Kier alpha value is -2.58. The number of anilines is 1. The third-order valence-electron chi connectivity index (χ3n) is 6.49. The van der Waals surface area contributed by atoms with Crippen molar-refractivity contribution in [2.45, 2.75) is 25.3 Å². The van der Waals surface area contributed by atoms with Gasteiger partial charge in [0.1, 0.15) is 0 Å². The van der Waals surface area contributed by atoms with Crippen LogP contribution < -0.4 is 4.90 Å². The highest BCUT2D eigenvalue weighted by molar-refractivity contribution is 5.55. The van der Waals surface area contributed by atoms with Gasteiger partial charge in [0.15, 0.2) is 0 Å². The molecule has 0 radical (unpaired) electrons. The Labute approximate surface area is 174 Å². The van der Waals surface area contributed by atoms with E-state index in [9.17, 15) is 0 Å². The highest BCUT2D eigenvalue weighted by Gasteiger charge is 2.37. The minimum absolute atomic E-state index is 0.609. The van der Waals surface area contributed by atoms with E-state index in [4.69, 9.17) is 0 Å². The molecule has 2 aliphatic rings. The Morgan fingerprint density at radius 3 is 2.00 bits per heavy atom. The molecule has 0 aromatic heterocycles. The van der Waals surface area contributed by atoms with Crippen molar-refractivity contribution in [3.05, 3.63) is 102 Å². The molecule has 1 saturated heterocycles. The minimum Gasteiger partial charge on any atom is -0.369 e. The first kappa shape index (κ1) is 18.4. The van der Waals surface area contributed by atoms with Crippen LogP contribution in [0, 0.1) is 5.92 Å². The van der Waals surface area contributed by atoms with Crippen LogP contribution in [0.25, 0.3) is 0 Å². The van der Waals surface area contributed by atoms with Gasteiger partial charge in [-0.15, -0.1) is 0 Å². The van der Waals surface area contributed by atoms with E-state index in [1.54, 1.807) is 0 Å². The second-order valence-corrected chi connectivity index (χ2v) is 8.51.